The van der Waals surface area contributed by atoms with Gasteiger partial charge in [0.05, 0.1) is 11.3 Å². The van der Waals surface area contributed by atoms with Crippen LogP contribution < -0.4 is 5.32 Å². The van der Waals surface area contributed by atoms with Gasteiger partial charge in [0.25, 0.3) is 0 Å². The molecule has 0 saturated carbocycles. The second-order valence-corrected chi connectivity index (χ2v) is 5.01. The van der Waals surface area contributed by atoms with Crippen molar-refractivity contribution in [3.63, 3.8) is 0 Å². The van der Waals surface area contributed by atoms with Crippen molar-refractivity contribution in [2.45, 2.75) is 13.3 Å². The van der Waals surface area contributed by atoms with E-state index in [0.29, 0.717) is 5.56 Å². The molecule has 1 amide bonds. The van der Waals surface area contributed by atoms with Crippen LogP contribution in [-0.2, 0) is 4.79 Å². The predicted octanol–water partition coefficient (Wildman–Crippen LogP) is 4.18. The molecule has 0 fully saturated rings. The zero-order valence-corrected chi connectivity index (χ0v) is 12.8. The molecule has 6 heteroatoms. The van der Waals surface area contributed by atoms with Crippen LogP contribution in [0.15, 0.2) is 36.4 Å². The van der Waals surface area contributed by atoms with Crippen molar-refractivity contribution in [1.29, 1.82) is 0 Å². The Morgan fingerprint density at radius 3 is 2.50 bits per heavy atom. The maximum atomic E-state index is 13.6. The summed E-state index contributed by atoms with van der Waals surface area (Å²) in [6.45, 7) is 1.66. The van der Waals surface area contributed by atoms with Crippen LogP contribution in [0.2, 0.25) is 0 Å². The van der Waals surface area contributed by atoms with E-state index in [2.05, 4.69) is 5.32 Å². The van der Waals surface area contributed by atoms with Gasteiger partial charge in [0.15, 0.2) is 0 Å². The molecular formula is C18H15F2NO3. The van der Waals surface area contributed by atoms with E-state index in [9.17, 15) is 23.5 Å². The Hall–Kier alpha value is -3.02. The van der Waals surface area contributed by atoms with Crippen LogP contribution in [0.4, 0.5) is 14.5 Å². The largest absolute Gasteiger partial charge is 0.478 e. The number of amides is 1. The van der Waals surface area contributed by atoms with Crippen LogP contribution in [0.3, 0.4) is 0 Å². The molecule has 0 aromatic heterocycles. The third kappa shape index (κ3) is 4.25. The van der Waals surface area contributed by atoms with Gasteiger partial charge >= 0.3 is 5.97 Å². The lowest BCUT2D eigenvalue weighted by atomic mass is 10.1. The number of nitrogens with one attached hydrogen (secondary N) is 1. The third-order valence-corrected chi connectivity index (χ3v) is 3.29. The van der Waals surface area contributed by atoms with Gasteiger partial charge in [-0.05, 0) is 29.8 Å². The number of carbonyl (C=O) groups excluding carboxylic acids is 1. The number of hydrogen-bond donors (Lipinski definition) is 2. The minimum atomic E-state index is -1.19. The summed E-state index contributed by atoms with van der Waals surface area (Å²) < 4.78 is 26.4. The van der Waals surface area contributed by atoms with E-state index < -0.39 is 17.6 Å². The summed E-state index contributed by atoms with van der Waals surface area (Å²) in [6.07, 6.45) is 3.15. The molecule has 2 rings (SSSR count). The SMILES string of the molecule is CCC(=O)Nc1ccc(C=Cc2ccc(F)cc2F)cc1C(=O)O. The van der Waals surface area contributed by atoms with Crippen molar-refractivity contribution in [2.24, 2.45) is 0 Å². The molecule has 0 aliphatic heterocycles. The first-order valence-electron chi connectivity index (χ1n) is 7.21. The highest BCUT2D eigenvalue weighted by atomic mass is 19.1. The quantitative estimate of drug-likeness (QED) is 0.808. The normalized spacial score (nSPS) is 10.8. The molecule has 2 aromatic carbocycles. The van der Waals surface area contributed by atoms with Gasteiger partial charge in [0.2, 0.25) is 5.91 Å². The molecule has 0 radical (unpaired) electrons. The van der Waals surface area contributed by atoms with Gasteiger partial charge in [-0.2, -0.15) is 0 Å². The average Bonchev–Trinajstić information content (AvgIpc) is 2.54. The lowest BCUT2D eigenvalue weighted by Gasteiger charge is -2.08. The Bertz CT molecular complexity index is 816. The van der Waals surface area contributed by atoms with E-state index in [4.69, 9.17) is 0 Å². The second-order valence-electron chi connectivity index (χ2n) is 5.01. The van der Waals surface area contributed by atoms with Crippen molar-refractivity contribution in [1.82, 2.24) is 0 Å². The lowest BCUT2D eigenvalue weighted by Crippen LogP contribution is -2.13. The number of rotatable bonds is 5. The van der Waals surface area contributed by atoms with Crippen LogP contribution in [0.25, 0.3) is 12.2 Å². The molecule has 0 spiro atoms. The first-order chi connectivity index (χ1) is 11.4. The van der Waals surface area contributed by atoms with E-state index in [0.717, 1.165) is 12.1 Å². The van der Waals surface area contributed by atoms with Gasteiger partial charge in [-0.15, -0.1) is 0 Å². The lowest BCUT2D eigenvalue weighted by molar-refractivity contribution is -0.115. The molecule has 2 aromatic rings. The van der Waals surface area contributed by atoms with Crippen molar-refractivity contribution < 1.29 is 23.5 Å². The summed E-state index contributed by atoms with van der Waals surface area (Å²) >= 11 is 0. The molecule has 0 aliphatic carbocycles. The number of benzene rings is 2. The fraction of sp³-hybridized carbons (Fsp3) is 0.111. The maximum Gasteiger partial charge on any atom is 0.337 e. The van der Waals surface area contributed by atoms with E-state index in [-0.39, 0.29) is 29.1 Å². The monoisotopic (exact) mass is 331 g/mol. The Morgan fingerprint density at radius 1 is 1.12 bits per heavy atom. The highest BCUT2D eigenvalue weighted by molar-refractivity contribution is 6.01. The van der Waals surface area contributed by atoms with Gasteiger partial charge in [-0.3, -0.25) is 4.79 Å². The molecule has 0 bridgehead atoms. The minimum absolute atomic E-state index is 0.0708. The molecule has 0 heterocycles. The van der Waals surface area contributed by atoms with Crippen LogP contribution in [0, 0.1) is 11.6 Å². The Morgan fingerprint density at radius 2 is 1.88 bits per heavy atom. The van der Waals surface area contributed by atoms with Gasteiger partial charge < -0.3 is 10.4 Å². The standard InChI is InChI=1S/C18H15F2NO3/c1-2-17(22)21-16-8-4-11(9-14(16)18(23)24)3-5-12-6-7-13(19)10-15(12)20/h3-10H,2H2,1H3,(H,21,22)(H,23,24). The second kappa shape index (κ2) is 7.50. The van der Waals surface area contributed by atoms with Gasteiger partial charge in [-0.25, -0.2) is 13.6 Å². The first kappa shape index (κ1) is 17.3. The molecule has 0 unspecified atom stereocenters. The number of carboxylic acids is 1. The smallest absolute Gasteiger partial charge is 0.337 e. The number of carboxylic acid groups (broad SMARTS) is 1. The Labute approximate surface area is 137 Å². The molecule has 4 nitrogen and oxygen atoms in total. The average molecular weight is 331 g/mol. The highest BCUT2D eigenvalue weighted by Gasteiger charge is 2.12. The van der Waals surface area contributed by atoms with E-state index >= 15 is 0 Å². The van der Waals surface area contributed by atoms with Crippen molar-refractivity contribution >= 4 is 29.7 Å². The maximum absolute atomic E-state index is 13.6. The van der Waals surface area contributed by atoms with Gasteiger partial charge in [-0.1, -0.05) is 25.1 Å². The predicted molar refractivity (Wildman–Crippen MR) is 87.6 cm³/mol. The molecule has 0 atom stereocenters. The van der Waals surface area contributed by atoms with E-state index in [1.54, 1.807) is 13.0 Å². The molecule has 124 valence electrons. The van der Waals surface area contributed by atoms with Gasteiger partial charge in [0, 0.05) is 18.1 Å². The van der Waals surface area contributed by atoms with E-state index in [1.807, 2.05) is 0 Å². The number of halogens is 2. The number of hydrogen-bond acceptors (Lipinski definition) is 2. The fourth-order valence-electron chi connectivity index (χ4n) is 2.01. The summed E-state index contributed by atoms with van der Waals surface area (Å²) in [5, 5.41) is 11.8. The van der Waals surface area contributed by atoms with Crippen LogP contribution in [0.5, 0.6) is 0 Å². The minimum Gasteiger partial charge on any atom is -0.478 e. The number of carbonyl (C=O) groups is 2. The molecule has 2 N–H and O–H groups in total. The summed E-state index contributed by atoms with van der Waals surface area (Å²) in [7, 11) is 0. The molecule has 0 saturated heterocycles. The van der Waals surface area contributed by atoms with Crippen LogP contribution in [-0.4, -0.2) is 17.0 Å². The Kier molecular flexibility index (Phi) is 5.42. The number of anilines is 1. The first-order valence-corrected chi connectivity index (χ1v) is 7.21. The Balaban J connectivity index is 2.31. The highest BCUT2D eigenvalue weighted by Crippen LogP contribution is 2.20. The molecule has 0 aliphatic rings. The summed E-state index contributed by atoms with van der Waals surface area (Å²) in [5.74, 6) is -2.87. The van der Waals surface area contributed by atoms with E-state index in [1.165, 1.54) is 30.4 Å². The van der Waals surface area contributed by atoms with Crippen molar-refractivity contribution in [3.05, 3.63) is 64.7 Å². The van der Waals surface area contributed by atoms with Crippen LogP contribution in [0.1, 0.15) is 34.8 Å². The van der Waals surface area contributed by atoms with Crippen molar-refractivity contribution in [3.8, 4) is 0 Å². The summed E-state index contributed by atoms with van der Waals surface area (Å²) in [5.41, 5.74) is 0.806. The summed E-state index contributed by atoms with van der Waals surface area (Å²) in [4.78, 5) is 22.8. The zero-order valence-electron chi connectivity index (χ0n) is 12.8. The number of aromatic carboxylic acids is 1. The van der Waals surface area contributed by atoms with Crippen LogP contribution >= 0.6 is 0 Å². The van der Waals surface area contributed by atoms with Crippen molar-refractivity contribution in [2.75, 3.05) is 5.32 Å². The zero-order chi connectivity index (χ0) is 17.7. The third-order valence-electron chi connectivity index (χ3n) is 3.29. The topological polar surface area (TPSA) is 66.4 Å². The van der Waals surface area contributed by atoms with Gasteiger partial charge in [0.1, 0.15) is 11.6 Å². The fourth-order valence-corrected chi connectivity index (χ4v) is 2.01. The summed E-state index contributed by atoms with van der Waals surface area (Å²) in [6, 6.07) is 7.62. The molecular weight excluding hydrogens is 316 g/mol. The molecule has 24 heavy (non-hydrogen) atoms.